The maximum absolute atomic E-state index is 13.0. The van der Waals surface area contributed by atoms with Gasteiger partial charge >= 0.3 is 0 Å². The van der Waals surface area contributed by atoms with Crippen molar-refractivity contribution >= 4 is 21.8 Å². The minimum Gasteiger partial charge on any atom is -0.355 e. The fourth-order valence-corrected chi connectivity index (χ4v) is 2.03. The minimum absolute atomic E-state index is 0.0449. The highest BCUT2D eigenvalue weighted by atomic mass is 79.9. The molecule has 2 N–H and O–H groups in total. The largest absolute Gasteiger partial charge is 0.355 e. The van der Waals surface area contributed by atoms with Crippen LogP contribution >= 0.6 is 15.9 Å². The molecule has 100 valence electrons. The topological polar surface area (TPSA) is 41.1 Å². The summed E-state index contributed by atoms with van der Waals surface area (Å²) >= 11 is 3.10. The quantitative estimate of drug-likeness (QED) is 0.844. The van der Waals surface area contributed by atoms with Crippen molar-refractivity contribution in [3.63, 3.8) is 0 Å². The van der Waals surface area contributed by atoms with Crippen molar-refractivity contribution in [2.24, 2.45) is 5.92 Å². The number of nitrogens with one attached hydrogen (secondary N) is 2. The van der Waals surface area contributed by atoms with Crippen LogP contribution in [0.1, 0.15) is 12.5 Å². The smallest absolute Gasteiger partial charge is 0.224 e. The van der Waals surface area contributed by atoms with Gasteiger partial charge in [-0.1, -0.05) is 13.0 Å². The van der Waals surface area contributed by atoms with Crippen molar-refractivity contribution in [1.82, 2.24) is 10.6 Å². The highest BCUT2D eigenvalue weighted by Gasteiger charge is 2.07. The molecule has 1 aromatic carbocycles. The van der Waals surface area contributed by atoms with Gasteiger partial charge in [0.15, 0.2) is 0 Å². The van der Waals surface area contributed by atoms with E-state index in [2.05, 4.69) is 33.5 Å². The average molecular weight is 317 g/mol. The van der Waals surface area contributed by atoms with Gasteiger partial charge < -0.3 is 10.6 Å². The molecule has 0 saturated carbocycles. The van der Waals surface area contributed by atoms with Crippen molar-refractivity contribution in [2.75, 3.05) is 20.1 Å². The number of carbonyl (C=O) groups excluding carboxylic acids is 1. The van der Waals surface area contributed by atoms with Gasteiger partial charge in [-0.15, -0.1) is 0 Å². The summed E-state index contributed by atoms with van der Waals surface area (Å²) in [7, 11) is 1.88. The lowest BCUT2D eigenvalue weighted by Gasteiger charge is -2.12. The Morgan fingerprint density at radius 3 is 2.78 bits per heavy atom. The number of amides is 1. The summed E-state index contributed by atoms with van der Waals surface area (Å²) in [5, 5.41) is 5.92. The Labute approximate surface area is 115 Å². The molecular formula is C13H18BrFN2O. The maximum Gasteiger partial charge on any atom is 0.224 e. The normalized spacial score (nSPS) is 12.2. The summed E-state index contributed by atoms with van der Waals surface area (Å²) in [6.45, 7) is 3.57. The molecule has 0 aliphatic heterocycles. The third-order valence-electron chi connectivity index (χ3n) is 2.55. The zero-order chi connectivity index (χ0) is 13.5. The van der Waals surface area contributed by atoms with E-state index >= 15 is 0 Å². The zero-order valence-corrected chi connectivity index (χ0v) is 12.2. The predicted octanol–water partition coefficient (Wildman–Crippen LogP) is 2.10. The van der Waals surface area contributed by atoms with E-state index in [1.54, 1.807) is 12.1 Å². The number of halogens is 2. The van der Waals surface area contributed by atoms with Crippen LogP contribution in [-0.4, -0.2) is 26.0 Å². The lowest BCUT2D eigenvalue weighted by Crippen LogP contribution is -2.33. The van der Waals surface area contributed by atoms with Crippen molar-refractivity contribution < 1.29 is 9.18 Å². The molecule has 0 heterocycles. The van der Waals surface area contributed by atoms with Crippen LogP contribution in [0.3, 0.4) is 0 Å². The molecule has 1 atom stereocenters. The number of carbonyl (C=O) groups is 1. The van der Waals surface area contributed by atoms with E-state index in [0.29, 0.717) is 16.9 Å². The van der Waals surface area contributed by atoms with Crippen LogP contribution in [0.15, 0.2) is 22.7 Å². The molecule has 0 spiro atoms. The molecule has 0 fully saturated rings. The Morgan fingerprint density at radius 2 is 2.17 bits per heavy atom. The van der Waals surface area contributed by atoms with E-state index in [-0.39, 0.29) is 18.1 Å². The van der Waals surface area contributed by atoms with E-state index < -0.39 is 0 Å². The van der Waals surface area contributed by atoms with E-state index in [1.165, 1.54) is 6.07 Å². The third-order valence-corrected chi connectivity index (χ3v) is 3.16. The zero-order valence-electron chi connectivity index (χ0n) is 10.6. The molecule has 0 saturated heterocycles. The number of hydrogen-bond acceptors (Lipinski definition) is 2. The van der Waals surface area contributed by atoms with Crippen LogP contribution in [0.4, 0.5) is 4.39 Å². The molecule has 18 heavy (non-hydrogen) atoms. The van der Waals surface area contributed by atoms with Crippen LogP contribution in [0.2, 0.25) is 0 Å². The Balaban J connectivity index is 2.42. The summed E-state index contributed by atoms with van der Waals surface area (Å²) in [5.74, 6) is 0.0252. The number of hydrogen-bond donors (Lipinski definition) is 2. The first-order valence-electron chi connectivity index (χ1n) is 5.88. The second kappa shape index (κ2) is 7.48. The number of rotatable bonds is 6. The lowest BCUT2D eigenvalue weighted by atomic mass is 10.1. The van der Waals surface area contributed by atoms with Crippen molar-refractivity contribution in [2.45, 2.75) is 13.3 Å². The van der Waals surface area contributed by atoms with E-state index in [1.807, 2.05) is 7.05 Å². The molecule has 3 nitrogen and oxygen atoms in total. The van der Waals surface area contributed by atoms with Crippen molar-refractivity contribution in [3.8, 4) is 0 Å². The standard InChI is InChI=1S/C13H18BrFN2O/c1-9(7-16-2)8-17-13(18)6-10-3-4-12(15)11(14)5-10/h3-5,9,16H,6-8H2,1-2H3,(H,17,18). The van der Waals surface area contributed by atoms with Gasteiger partial charge in [0.1, 0.15) is 5.82 Å². The maximum atomic E-state index is 13.0. The van der Waals surface area contributed by atoms with E-state index in [9.17, 15) is 9.18 Å². The Bertz CT molecular complexity index is 412. The summed E-state index contributed by atoms with van der Waals surface area (Å²) in [4.78, 5) is 11.7. The molecule has 0 aromatic heterocycles. The first kappa shape index (κ1) is 15.1. The van der Waals surface area contributed by atoms with Gasteiger partial charge in [0.05, 0.1) is 10.9 Å². The molecule has 0 radical (unpaired) electrons. The highest BCUT2D eigenvalue weighted by Crippen LogP contribution is 2.17. The van der Waals surface area contributed by atoms with Gasteiger partial charge in [0.25, 0.3) is 0 Å². The van der Waals surface area contributed by atoms with Crippen molar-refractivity contribution in [3.05, 3.63) is 34.1 Å². The van der Waals surface area contributed by atoms with Crippen LogP contribution in [-0.2, 0) is 11.2 Å². The molecular weight excluding hydrogens is 299 g/mol. The second-order valence-corrected chi connectivity index (χ2v) is 5.25. The number of benzene rings is 1. The molecule has 0 aliphatic rings. The van der Waals surface area contributed by atoms with Gasteiger partial charge in [-0.2, -0.15) is 0 Å². The van der Waals surface area contributed by atoms with Gasteiger partial charge in [0.2, 0.25) is 5.91 Å². The van der Waals surface area contributed by atoms with Gasteiger partial charge in [-0.3, -0.25) is 4.79 Å². The summed E-state index contributed by atoms with van der Waals surface area (Å²) in [5.41, 5.74) is 0.794. The molecule has 5 heteroatoms. The SMILES string of the molecule is CNCC(C)CNC(=O)Cc1ccc(F)c(Br)c1. The van der Waals surface area contributed by atoms with E-state index in [0.717, 1.165) is 12.1 Å². The molecule has 1 rings (SSSR count). The first-order chi connectivity index (χ1) is 8.52. The summed E-state index contributed by atoms with van der Waals surface area (Å²) in [6.07, 6.45) is 0.269. The lowest BCUT2D eigenvalue weighted by molar-refractivity contribution is -0.120. The Hall–Kier alpha value is -0.940. The van der Waals surface area contributed by atoms with Crippen LogP contribution in [0.5, 0.6) is 0 Å². The fourth-order valence-electron chi connectivity index (χ4n) is 1.61. The molecule has 1 unspecified atom stereocenters. The van der Waals surface area contributed by atoms with Gasteiger partial charge in [0, 0.05) is 6.54 Å². The highest BCUT2D eigenvalue weighted by molar-refractivity contribution is 9.10. The van der Waals surface area contributed by atoms with Gasteiger partial charge in [-0.25, -0.2) is 4.39 Å². The first-order valence-corrected chi connectivity index (χ1v) is 6.67. The average Bonchev–Trinajstić information content (AvgIpc) is 2.32. The molecule has 1 aromatic rings. The third kappa shape index (κ3) is 5.14. The summed E-state index contributed by atoms with van der Waals surface area (Å²) < 4.78 is 13.4. The van der Waals surface area contributed by atoms with Gasteiger partial charge in [-0.05, 0) is 53.1 Å². The Kier molecular flexibility index (Phi) is 6.29. The predicted molar refractivity (Wildman–Crippen MR) is 73.9 cm³/mol. The Morgan fingerprint density at radius 1 is 1.44 bits per heavy atom. The van der Waals surface area contributed by atoms with Crippen LogP contribution < -0.4 is 10.6 Å². The molecule has 0 aliphatic carbocycles. The van der Waals surface area contributed by atoms with E-state index in [4.69, 9.17) is 0 Å². The molecule has 0 bridgehead atoms. The van der Waals surface area contributed by atoms with Crippen LogP contribution in [0.25, 0.3) is 0 Å². The summed E-state index contributed by atoms with van der Waals surface area (Å²) in [6, 6.07) is 4.61. The molecule has 1 amide bonds. The minimum atomic E-state index is -0.318. The van der Waals surface area contributed by atoms with Crippen LogP contribution in [0, 0.1) is 11.7 Å². The van der Waals surface area contributed by atoms with Crippen molar-refractivity contribution in [1.29, 1.82) is 0 Å². The fraction of sp³-hybridized carbons (Fsp3) is 0.462. The monoisotopic (exact) mass is 316 g/mol. The second-order valence-electron chi connectivity index (χ2n) is 4.39.